The largest absolute Gasteiger partial charge is 0.444 e. The molecule has 3 aromatic rings. The molecule has 0 aliphatic heterocycles. The second-order valence-electron chi connectivity index (χ2n) is 7.95. The molecule has 0 unspecified atom stereocenters. The number of aromatic nitrogens is 4. The minimum absolute atomic E-state index is 0.0957. The summed E-state index contributed by atoms with van der Waals surface area (Å²) >= 11 is 3.26. The zero-order valence-corrected chi connectivity index (χ0v) is 17.9. The van der Waals surface area contributed by atoms with Crippen molar-refractivity contribution in [3.05, 3.63) is 34.4 Å². The third-order valence-electron chi connectivity index (χ3n) is 4.48. The number of alkyl carbamates (subject to hydrolysis) is 1. The molecule has 9 heteroatoms. The van der Waals surface area contributed by atoms with E-state index in [0.717, 1.165) is 34.5 Å². The maximum atomic E-state index is 12.0. The van der Waals surface area contributed by atoms with Crippen LogP contribution in [-0.2, 0) is 4.74 Å². The summed E-state index contributed by atoms with van der Waals surface area (Å²) in [7, 11) is 0. The highest BCUT2D eigenvalue weighted by Crippen LogP contribution is 2.39. The summed E-state index contributed by atoms with van der Waals surface area (Å²) in [5.74, 6) is 1.94. The fourth-order valence-electron chi connectivity index (χ4n) is 3.21. The van der Waals surface area contributed by atoms with E-state index in [-0.39, 0.29) is 18.1 Å². The first-order chi connectivity index (χ1) is 13.3. The van der Waals surface area contributed by atoms with E-state index in [1.54, 1.807) is 28.9 Å². The van der Waals surface area contributed by atoms with Crippen molar-refractivity contribution < 1.29 is 9.53 Å². The number of carbonyl (C=O) groups is 1. The van der Waals surface area contributed by atoms with E-state index in [4.69, 9.17) is 4.74 Å². The van der Waals surface area contributed by atoms with Crippen LogP contribution in [0.2, 0.25) is 0 Å². The van der Waals surface area contributed by atoms with Gasteiger partial charge in [-0.25, -0.2) is 9.78 Å². The molecule has 4 rings (SSSR count). The molecule has 0 saturated heterocycles. The molecule has 1 aliphatic carbocycles. The summed E-state index contributed by atoms with van der Waals surface area (Å²) in [6, 6.07) is 4.29. The van der Waals surface area contributed by atoms with Crippen molar-refractivity contribution >= 4 is 28.8 Å². The average Bonchev–Trinajstić information content (AvgIpc) is 3.28. The van der Waals surface area contributed by atoms with Gasteiger partial charge in [-0.15, -0.1) is 32.9 Å². The Morgan fingerprint density at radius 2 is 2.07 bits per heavy atom. The predicted molar refractivity (Wildman–Crippen MR) is 110 cm³/mol. The van der Waals surface area contributed by atoms with E-state index in [2.05, 4.69) is 44.1 Å². The minimum atomic E-state index is -0.493. The Morgan fingerprint density at radius 3 is 2.68 bits per heavy atom. The molecule has 28 heavy (non-hydrogen) atoms. The maximum Gasteiger partial charge on any atom is 0.407 e. The molecular weight excluding hydrogens is 394 g/mol. The van der Waals surface area contributed by atoms with Gasteiger partial charge in [-0.1, -0.05) is 0 Å². The monoisotopic (exact) mass is 417 g/mol. The lowest BCUT2D eigenvalue weighted by atomic mass is 9.79. The number of hydrogen-bond acceptors (Lipinski definition) is 7. The second-order valence-corrected chi connectivity index (χ2v) is 10.1. The molecule has 1 aliphatic rings. The van der Waals surface area contributed by atoms with Crippen molar-refractivity contribution in [2.24, 2.45) is 0 Å². The quantitative estimate of drug-likeness (QED) is 0.674. The van der Waals surface area contributed by atoms with Crippen molar-refractivity contribution in [2.45, 2.75) is 58.1 Å². The Morgan fingerprint density at radius 1 is 1.29 bits per heavy atom. The van der Waals surface area contributed by atoms with Crippen molar-refractivity contribution in [3.63, 3.8) is 0 Å². The molecule has 1 N–H and O–H groups in total. The molecule has 0 aromatic carbocycles. The first kappa shape index (κ1) is 19.1. The number of amides is 1. The summed E-state index contributed by atoms with van der Waals surface area (Å²) < 4.78 is 7.46. The highest BCUT2D eigenvalue weighted by atomic mass is 32.1. The van der Waals surface area contributed by atoms with Gasteiger partial charge in [0.15, 0.2) is 10.8 Å². The summed E-state index contributed by atoms with van der Waals surface area (Å²) in [4.78, 5) is 17.6. The molecule has 3 aromatic heterocycles. The molecule has 0 bridgehead atoms. The van der Waals surface area contributed by atoms with Gasteiger partial charge in [-0.3, -0.25) is 4.57 Å². The number of aryl methyl sites for hydroxylation is 1. The summed E-state index contributed by atoms with van der Waals surface area (Å²) in [5, 5.41) is 15.8. The van der Waals surface area contributed by atoms with Crippen molar-refractivity contribution in [1.29, 1.82) is 0 Å². The molecule has 1 amide bonds. The van der Waals surface area contributed by atoms with Gasteiger partial charge in [0.2, 0.25) is 0 Å². The number of thiophene rings is 1. The molecule has 1 saturated carbocycles. The summed E-state index contributed by atoms with van der Waals surface area (Å²) in [5.41, 5.74) is -0.493. The van der Waals surface area contributed by atoms with Crippen LogP contribution in [0.5, 0.6) is 0 Å². The van der Waals surface area contributed by atoms with Gasteiger partial charge in [-0.2, -0.15) is 0 Å². The van der Waals surface area contributed by atoms with E-state index >= 15 is 0 Å². The van der Waals surface area contributed by atoms with Crippen LogP contribution in [0.25, 0.3) is 15.8 Å². The van der Waals surface area contributed by atoms with E-state index in [1.165, 1.54) is 4.88 Å². The SMILES string of the molecule is Cc1ccc(-n2c(-c3nccs3)nnc2C2CC(NC(=O)OC(C)(C)C)C2)s1. The third kappa shape index (κ3) is 3.95. The van der Waals surface area contributed by atoms with E-state index < -0.39 is 5.60 Å². The molecule has 3 heterocycles. The normalized spacial score (nSPS) is 19.3. The minimum Gasteiger partial charge on any atom is -0.444 e. The lowest BCUT2D eigenvalue weighted by Crippen LogP contribution is -2.45. The van der Waals surface area contributed by atoms with Crippen LogP contribution in [-0.4, -0.2) is 37.5 Å². The lowest BCUT2D eigenvalue weighted by molar-refractivity contribution is 0.0469. The first-order valence-corrected chi connectivity index (χ1v) is 10.9. The lowest BCUT2D eigenvalue weighted by Gasteiger charge is -2.35. The third-order valence-corrected chi connectivity index (χ3v) is 6.24. The number of nitrogens with one attached hydrogen (secondary N) is 1. The van der Waals surface area contributed by atoms with Gasteiger partial charge in [0.25, 0.3) is 0 Å². The van der Waals surface area contributed by atoms with Gasteiger partial charge in [0.1, 0.15) is 16.4 Å². The summed E-state index contributed by atoms with van der Waals surface area (Å²) in [6.07, 6.45) is 3.05. The Labute approximate surface area is 171 Å². The highest BCUT2D eigenvalue weighted by Gasteiger charge is 2.37. The zero-order valence-electron chi connectivity index (χ0n) is 16.3. The van der Waals surface area contributed by atoms with Gasteiger partial charge in [0, 0.05) is 28.4 Å². The van der Waals surface area contributed by atoms with Crippen LogP contribution >= 0.6 is 22.7 Å². The van der Waals surface area contributed by atoms with Gasteiger partial charge >= 0.3 is 6.09 Å². The number of ether oxygens (including phenoxy) is 1. The number of rotatable bonds is 4. The Kier molecular flexibility index (Phi) is 4.96. The van der Waals surface area contributed by atoms with Crippen LogP contribution < -0.4 is 5.32 Å². The topological polar surface area (TPSA) is 81.9 Å². The Hall–Kier alpha value is -2.26. The van der Waals surface area contributed by atoms with Crippen LogP contribution in [0.15, 0.2) is 23.7 Å². The van der Waals surface area contributed by atoms with Gasteiger partial charge in [-0.05, 0) is 52.7 Å². The van der Waals surface area contributed by atoms with Crippen LogP contribution in [0.4, 0.5) is 4.79 Å². The smallest absolute Gasteiger partial charge is 0.407 e. The number of carbonyl (C=O) groups excluding carboxylic acids is 1. The highest BCUT2D eigenvalue weighted by molar-refractivity contribution is 7.14. The van der Waals surface area contributed by atoms with Crippen LogP contribution in [0.3, 0.4) is 0 Å². The predicted octanol–water partition coefficient (Wildman–Crippen LogP) is 4.53. The van der Waals surface area contributed by atoms with Gasteiger partial charge in [0.05, 0.1) is 0 Å². The molecule has 0 spiro atoms. The van der Waals surface area contributed by atoms with Crippen LogP contribution in [0, 0.1) is 6.92 Å². The maximum absolute atomic E-state index is 12.0. The zero-order chi connectivity index (χ0) is 19.9. The van der Waals surface area contributed by atoms with Crippen molar-refractivity contribution in [3.8, 4) is 15.8 Å². The van der Waals surface area contributed by atoms with E-state index in [0.29, 0.717) is 0 Å². The van der Waals surface area contributed by atoms with Gasteiger partial charge < -0.3 is 10.1 Å². The molecule has 1 fully saturated rings. The van der Waals surface area contributed by atoms with Crippen molar-refractivity contribution in [2.75, 3.05) is 0 Å². The number of nitrogens with zero attached hydrogens (tertiary/aromatic N) is 4. The Bertz CT molecular complexity index is 965. The average molecular weight is 418 g/mol. The first-order valence-electron chi connectivity index (χ1n) is 9.21. The van der Waals surface area contributed by atoms with Crippen LogP contribution in [0.1, 0.15) is 50.2 Å². The second kappa shape index (κ2) is 7.29. The van der Waals surface area contributed by atoms with E-state index in [1.807, 2.05) is 26.2 Å². The fourth-order valence-corrected chi connectivity index (χ4v) is 4.70. The molecule has 0 atom stereocenters. The molecule has 7 nitrogen and oxygen atoms in total. The molecular formula is C19H23N5O2S2. The number of thiazole rings is 1. The van der Waals surface area contributed by atoms with Crippen molar-refractivity contribution in [1.82, 2.24) is 25.1 Å². The fraction of sp³-hybridized carbons (Fsp3) is 0.474. The Balaban J connectivity index is 1.53. The molecule has 148 valence electrons. The number of hydrogen-bond donors (Lipinski definition) is 1. The molecule has 0 radical (unpaired) electrons. The summed E-state index contributed by atoms with van der Waals surface area (Å²) in [6.45, 7) is 7.68. The standard InChI is InChI=1S/C19H23N5O2S2/c1-11-5-6-14(28-11)24-15(22-23-16(24)17-20-7-8-27-17)12-9-13(10-12)21-18(25)26-19(2,3)4/h5-8,12-13H,9-10H2,1-4H3,(H,21,25). The van der Waals surface area contributed by atoms with E-state index in [9.17, 15) is 4.79 Å².